The SMILES string of the molecule is Nc1ccc(NC(=O)C(=O)NC23CC4CC(CC(C4)C2)C3)c(Cl)c1. The number of hydrogen-bond acceptors (Lipinski definition) is 3. The fraction of sp³-hybridized carbons (Fsp3) is 0.556. The molecule has 4 N–H and O–H groups in total. The lowest BCUT2D eigenvalue weighted by Crippen LogP contribution is -2.61. The summed E-state index contributed by atoms with van der Waals surface area (Å²) in [5.74, 6) is 0.908. The molecule has 4 aliphatic carbocycles. The summed E-state index contributed by atoms with van der Waals surface area (Å²) in [5.41, 5.74) is 6.37. The van der Waals surface area contributed by atoms with E-state index in [2.05, 4.69) is 10.6 Å². The van der Waals surface area contributed by atoms with Crippen molar-refractivity contribution in [1.29, 1.82) is 0 Å². The normalized spacial score (nSPS) is 33.3. The minimum atomic E-state index is -0.669. The third kappa shape index (κ3) is 2.86. The van der Waals surface area contributed by atoms with Crippen LogP contribution < -0.4 is 16.4 Å². The molecule has 4 fully saturated rings. The number of carbonyl (C=O) groups is 2. The van der Waals surface area contributed by atoms with E-state index in [4.69, 9.17) is 17.3 Å². The molecule has 2 amide bonds. The summed E-state index contributed by atoms with van der Waals surface area (Å²) < 4.78 is 0. The van der Waals surface area contributed by atoms with Gasteiger partial charge < -0.3 is 16.4 Å². The monoisotopic (exact) mass is 347 g/mol. The Bertz CT molecular complexity index is 668. The Morgan fingerprint density at radius 2 is 1.62 bits per heavy atom. The maximum Gasteiger partial charge on any atom is 0.313 e. The van der Waals surface area contributed by atoms with Crippen molar-refractivity contribution in [2.45, 2.75) is 44.1 Å². The third-order valence-electron chi connectivity index (χ3n) is 5.86. The fourth-order valence-corrected chi connectivity index (χ4v) is 5.61. The highest BCUT2D eigenvalue weighted by molar-refractivity contribution is 6.41. The predicted octanol–water partition coefficient (Wildman–Crippen LogP) is 2.95. The molecule has 0 saturated heterocycles. The van der Waals surface area contributed by atoms with Gasteiger partial charge in [-0.3, -0.25) is 9.59 Å². The molecule has 0 heterocycles. The largest absolute Gasteiger partial charge is 0.399 e. The first-order valence-corrected chi connectivity index (χ1v) is 8.99. The third-order valence-corrected chi connectivity index (χ3v) is 6.18. The zero-order valence-electron chi connectivity index (χ0n) is 13.5. The van der Waals surface area contributed by atoms with Crippen LogP contribution in [0.15, 0.2) is 18.2 Å². The van der Waals surface area contributed by atoms with Gasteiger partial charge in [0.05, 0.1) is 10.7 Å². The molecule has 1 aromatic rings. The minimum absolute atomic E-state index is 0.173. The van der Waals surface area contributed by atoms with E-state index < -0.39 is 11.8 Å². The molecule has 0 aromatic heterocycles. The van der Waals surface area contributed by atoms with Gasteiger partial charge in [-0.2, -0.15) is 0 Å². The second kappa shape index (κ2) is 5.66. The van der Waals surface area contributed by atoms with Crippen LogP contribution in [0.3, 0.4) is 0 Å². The molecule has 24 heavy (non-hydrogen) atoms. The topological polar surface area (TPSA) is 84.2 Å². The van der Waals surface area contributed by atoms with Crippen molar-refractivity contribution >= 4 is 34.8 Å². The summed E-state index contributed by atoms with van der Waals surface area (Å²) in [5, 5.41) is 5.96. The fourth-order valence-electron chi connectivity index (χ4n) is 5.37. The Hall–Kier alpha value is -1.75. The summed E-state index contributed by atoms with van der Waals surface area (Å²) in [6.07, 6.45) is 6.93. The van der Waals surface area contributed by atoms with Crippen LogP contribution in [0.2, 0.25) is 5.02 Å². The van der Waals surface area contributed by atoms with Gasteiger partial charge in [0.1, 0.15) is 0 Å². The average molecular weight is 348 g/mol. The van der Waals surface area contributed by atoms with E-state index in [0.717, 1.165) is 19.3 Å². The molecule has 5 nitrogen and oxygen atoms in total. The Labute approximate surface area is 146 Å². The number of nitrogens with two attached hydrogens (primary N) is 1. The molecule has 4 aliphatic rings. The van der Waals surface area contributed by atoms with Crippen LogP contribution in [0.4, 0.5) is 11.4 Å². The van der Waals surface area contributed by atoms with E-state index >= 15 is 0 Å². The summed E-state index contributed by atoms with van der Waals surface area (Å²) in [7, 11) is 0. The number of halogens is 1. The molecule has 1 aromatic carbocycles. The first-order chi connectivity index (χ1) is 11.4. The van der Waals surface area contributed by atoms with Gasteiger partial charge in [-0.15, -0.1) is 0 Å². The van der Waals surface area contributed by atoms with Crippen molar-refractivity contribution in [2.75, 3.05) is 11.1 Å². The van der Waals surface area contributed by atoms with Crippen molar-refractivity contribution in [3.05, 3.63) is 23.2 Å². The van der Waals surface area contributed by atoms with Crippen LogP contribution in [0.1, 0.15) is 38.5 Å². The van der Waals surface area contributed by atoms with Crippen LogP contribution in [-0.2, 0) is 9.59 Å². The molecule has 0 unspecified atom stereocenters. The number of hydrogen-bond donors (Lipinski definition) is 3. The molecule has 5 rings (SSSR count). The molecule has 0 spiro atoms. The average Bonchev–Trinajstić information content (AvgIpc) is 2.48. The Morgan fingerprint density at radius 1 is 1.04 bits per heavy atom. The number of anilines is 2. The van der Waals surface area contributed by atoms with Gasteiger partial charge in [0, 0.05) is 11.2 Å². The first-order valence-electron chi connectivity index (χ1n) is 8.61. The summed E-state index contributed by atoms with van der Waals surface area (Å²) in [6, 6.07) is 4.79. The predicted molar refractivity (Wildman–Crippen MR) is 93.5 cm³/mol. The van der Waals surface area contributed by atoms with Crippen molar-refractivity contribution in [1.82, 2.24) is 5.32 Å². The first kappa shape index (κ1) is 15.8. The molecular weight excluding hydrogens is 326 g/mol. The Balaban J connectivity index is 1.43. The number of carbonyl (C=O) groups excluding carboxylic acids is 2. The molecule has 0 aliphatic heterocycles. The Morgan fingerprint density at radius 3 is 2.17 bits per heavy atom. The van der Waals surface area contributed by atoms with Crippen molar-refractivity contribution in [3.8, 4) is 0 Å². The summed E-state index contributed by atoms with van der Waals surface area (Å²) in [6.45, 7) is 0. The van der Waals surface area contributed by atoms with Crippen LogP contribution in [-0.4, -0.2) is 17.4 Å². The highest BCUT2D eigenvalue weighted by Crippen LogP contribution is 2.55. The van der Waals surface area contributed by atoms with Gasteiger partial charge in [0.15, 0.2) is 0 Å². The maximum atomic E-state index is 12.4. The van der Waals surface area contributed by atoms with E-state index in [0.29, 0.717) is 34.2 Å². The van der Waals surface area contributed by atoms with E-state index in [-0.39, 0.29) is 5.54 Å². The van der Waals surface area contributed by atoms with Crippen molar-refractivity contribution in [3.63, 3.8) is 0 Å². The number of nitrogens with one attached hydrogen (secondary N) is 2. The molecule has 4 saturated carbocycles. The highest BCUT2D eigenvalue weighted by atomic mass is 35.5. The minimum Gasteiger partial charge on any atom is -0.399 e. The van der Waals surface area contributed by atoms with Gasteiger partial charge in [0.25, 0.3) is 0 Å². The van der Waals surface area contributed by atoms with E-state index in [1.807, 2.05) is 0 Å². The van der Waals surface area contributed by atoms with Gasteiger partial charge in [0.2, 0.25) is 0 Å². The van der Waals surface area contributed by atoms with Crippen LogP contribution >= 0.6 is 11.6 Å². The lowest BCUT2D eigenvalue weighted by molar-refractivity contribution is -0.139. The highest BCUT2D eigenvalue weighted by Gasteiger charge is 2.51. The Kier molecular flexibility index (Phi) is 3.71. The molecule has 4 bridgehead atoms. The van der Waals surface area contributed by atoms with Crippen LogP contribution in [0, 0.1) is 17.8 Å². The molecule has 128 valence electrons. The number of amides is 2. The molecule has 0 atom stereocenters. The molecular formula is C18H22ClN3O2. The van der Waals surface area contributed by atoms with Crippen molar-refractivity contribution in [2.24, 2.45) is 17.8 Å². The van der Waals surface area contributed by atoms with Gasteiger partial charge in [-0.25, -0.2) is 0 Å². The molecule has 0 radical (unpaired) electrons. The number of rotatable bonds is 2. The quantitative estimate of drug-likeness (QED) is 0.568. The summed E-state index contributed by atoms with van der Waals surface area (Å²) in [4.78, 5) is 24.7. The van der Waals surface area contributed by atoms with Gasteiger partial charge in [-0.1, -0.05) is 11.6 Å². The van der Waals surface area contributed by atoms with Crippen molar-refractivity contribution < 1.29 is 9.59 Å². The smallest absolute Gasteiger partial charge is 0.313 e. The standard InChI is InChI=1S/C18H22ClN3O2/c19-14-6-13(20)1-2-15(14)21-16(23)17(24)22-18-7-10-3-11(8-18)5-12(4-10)9-18/h1-2,6,10-12H,3-5,7-9,20H2,(H,21,23)(H,22,24). The molecule has 6 heteroatoms. The lowest BCUT2D eigenvalue weighted by atomic mass is 9.53. The van der Waals surface area contributed by atoms with Crippen LogP contribution in [0.5, 0.6) is 0 Å². The van der Waals surface area contributed by atoms with E-state index in [1.54, 1.807) is 18.2 Å². The lowest BCUT2D eigenvalue weighted by Gasteiger charge is -2.56. The van der Waals surface area contributed by atoms with Crippen LogP contribution in [0.25, 0.3) is 0 Å². The second-order valence-corrected chi connectivity index (χ2v) is 8.25. The zero-order valence-corrected chi connectivity index (χ0v) is 14.2. The maximum absolute atomic E-state index is 12.4. The van der Waals surface area contributed by atoms with Gasteiger partial charge in [-0.05, 0) is 74.5 Å². The van der Waals surface area contributed by atoms with E-state index in [9.17, 15) is 9.59 Å². The second-order valence-electron chi connectivity index (χ2n) is 7.85. The number of nitrogen functional groups attached to an aromatic ring is 1. The summed E-state index contributed by atoms with van der Waals surface area (Å²) >= 11 is 6.05. The van der Waals surface area contributed by atoms with E-state index in [1.165, 1.54) is 19.3 Å². The van der Waals surface area contributed by atoms with Gasteiger partial charge >= 0.3 is 11.8 Å². The zero-order chi connectivity index (χ0) is 16.9. The number of benzene rings is 1.